The lowest BCUT2D eigenvalue weighted by molar-refractivity contribution is -0.142. The Hall–Kier alpha value is -4.12. The van der Waals surface area contributed by atoms with Crippen molar-refractivity contribution in [2.75, 3.05) is 5.32 Å². The zero-order chi connectivity index (χ0) is 24.6. The molecule has 0 aliphatic carbocycles. The number of carboxylic acids is 1. The number of carboxylic acid groups (broad SMARTS) is 1. The summed E-state index contributed by atoms with van der Waals surface area (Å²) in [5, 5.41) is 12.9. The van der Waals surface area contributed by atoms with Crippen molar-refractivity contribution >= 4 is 40.2 Å². The van der Waals surface area contributed by atoms with Gasteiger partial charge in [-0.05, 0) is 49.7 Å². The van der Waals surface area contributed by atoms with Gasteiger partial charge in [0.05, 0.1) is 29.5 Å². The molecule has 2 aromatic carbocycles. The minimum Gasteiger partial charge on any atom is -0.481 e. The quantitative estimate of drug-likeness (QED) is 0.313. The van der Waals surface area contributed by atoms with Crippen LogP contribution in [0, 0.1) is 5.92 Å². The van der Waals surface area contributed by atoms with Crippen LogP contribution in [0.2, 0.25) is 5.02 Å². The van der Waals surface area contributed by atoms with E-state index in [1.807, 2.05) is 0 Å². The van der Waals surface area contributed by atoms with Crippen LogP contribution in [0.25, 0.3) is 11.0 Å². The molecule has 0 amide bonds. The zero-order valence-electron chi connectivity index (χ0n) is 18.2. The summed E-state index contributed by atoms with van der Waals surface area (Å²) in [7, 11) is 0. The Bertz CT molecular complexity index is 1550. The van der Waals surface area contributed by atoms with Crippen molar-refractivity contribution in [2.24, 2.45) is 5.92 Å². The summed E-state index contributed by atoms with van der Waals surface area (Å²) in [4.78, 5) is 58.6. The van der Waals surface area contributed by atoms with Crippen molar-refractivity contribution in [2.45, 2.75) is 26.4 Å². The maximum absolute atomic E-state index is 13.4. The molecule has 0 bridgehead atoms. The predicted octanol–water partition coefficient (Wildman–Crippen LogP) is 2.30. The van der Waals surface area contributed by atoms with E-state index >= 15 is 0 Å². The van der Waals surface area contributed by atoms with Crippen LogP contribution in [-0.2, 0) is 11.3 Å². The molecule has 0 radical (unpaired) electrons. The molecule has 0 saturated carbocycles. The molecule has 0 unspecified atom stereocenters. The molecule has 0 saturated heterocycles. The molecule has 0 aliphatic rings. The lowest BCUT2D eigenvalue weighted by Crippen LogP contribution is -2.46. The molecule has 2 aromatic heterocycles. The average molecular weight is 485 g/mol. The molecule has 4 aromatic rings. The van der Waals surface area contributed by atoms with Crippen molar-refractivity contribution in [3.05, 3.63) is 84.5 Å². The van der Waals surface area contributed by atoms with E-state index in [0.717, 1.165) is 4.57 Å². The van der Waals surface area contributed by atoms with Gasteiger partial charge in [0.1, 0.15) is 0 Å². The molecule has 176 valence electrons. The number of carbonyl (C=O) groups is 1. The monoisotopic (exact) mass is 484 g/mol. The Labute approximate surface area is 196 Å². The summed E-state index contributed by atoms with van der Waals surface area (Å²) in [6.07, 6.45) is 0. The average Bonchev–Trinajstić information content (AvgIpc) is 3.16. The summed E-state index contributed by atoms with van der Waals surface area (Å²) in [5.41, 5.74) is 0.349. The number of rotatable bonds is 7. The molecule has 0 fully saturated rings. The Balaban J connectivity index is 1.83. The minimum absolute atomic E-state index is 0.0337. The highest BCUT2D eigenvalue weighted by Gasteiger charge is 2.26. The van der Waals surface area contributed by atoms with Crippen molar-refractivity contribution < 1.29 is 9.90 Å². The van der Waals surface area contributed by atoms with Crippen molar-refractivity contribution in [1.82, 2.24) is 24.1 Å². The predicted molar refractivity (Wildman–Crippen MR) is 127 cm³/mol. The fourth-order valence-electron chi connectivity index (χ4n) is 3.54. The highest BCUT2D eigenvalue weighted by Crippen LogP contribution is 2.20. The Morgan fingerprint density at radius 2 is 1.76 bits per heavy atom. The zero-order valence-corrected chi connectivity index (χ0v) is 19.0. The van der Waals surface area contributed by atoms with Gasteiger partial charge >= 0.3 is 23.0 Å². The van der Waals surface area contributed by atoms with Crippen LogP contribution in [0.15, 0.2) is 56.8 Å². The van der Waals surface area contributed by atoms with E-state index in [-0.39, 0.29) is 18.2 Å². The van der Waals surface area contributed by atoms with Gasteiger partial charge in [-0.15, -0.1) is 0 Å². The van der Waals surface area contributed by atoms with Crippen molar-refractivity contribution in [3.63, 3.8) is 0 Å². The van der Waals surface area contributed by atoms with E-state index < -0.39 is 29.3 Å². The SMILES string of the molecule is C[C@@H](C(=O)O)[C@H](C)n1c(=O)nc(Nc2ccc3[nH]c(=O)[nH]c3c2)n(Cc2ccc(Cl)cc2)c1=O. The van der Waals surface area contributed by atoms with Gasteiger partial charge in [-0.3, -0.25) is 9.36 Å². The number of hydrogen-bond acceptors (Lipinski definition) is 6. The first-order chi connectivity index (χ1) is 16.1. The fourth-order valence-corrected chi connectivity index (χ4v) is 3.66. The van der Waals surface area contributed by atoms with Crippen LogP contribution >= 0.6 is 11.6 Å². The Kier molecular flexibility index (Phi) is 6.12. The third-order valence-corrected chi connectivity index (χ3v) is 5.90. The molecule has 12 heteroatoms. The lowest BCUT2D eigenvalue weighted by Gasteiger charge is -2.21. The van der Waals surface area contributed by atoms with E-state index in [0.29, 0.717) is 27.3 Å². The van der Waals surface area contributed by atoms with Gasteiger partial charge in [0, 0.05) is 10.7 Å². The van der Waals surface area contributed by atoms with Crippen LogP contribution in [0.5, 0.6) is 0 Å². The number of aromatic nitrogens is 5. The number of benzene rings is 2. The number of aromatic amines is 2. The molecule has 4 rings (SSSR count). The topological polar surface area (TPSA) is 155 Å². The van der Waals surface area contributed by atoms with Crippen LogP contribution in [0.4, 0.5) is 11.6 Å². The number of H-pyrrole nitrogens is 2. The number of anilines is 2. The summed E-state index contributed by atoms with van der Waals surface area (Å²) >= 11 is 5.96. The third kappa shape index (κ3) is 4.50. The van der Waals surface area contributed by atoms with Gasteiger partial charge in [-0.2, -0.15) is 4.98 Å². The second-order valence-corrected chi connectivity index (χ2v) is 8.35. The summed E-state index contributed by atoms with van der Waals surface area (Å²) < 4.78 is 2.09. The smallest absolute Gasteiger partial charge is 0.355 e. The number of aliphatic carboxylic acids is 1. The molecule has 34 heavy (non-hydrogen) atoms. The number of nitrogens with zero attached hydrogens (tertiary/aromatic N) is 3. The Morgan fingerprint density at radius 1 is 1.09 bits per heavy atom. The molecule has 11 nitrogen and oxygen atoms in total. The summed E-state index contributed by atoms with van der Waals surface area (Å²) in [6, 6.07) is 10.8. The van der Waals surface area contributed by atoms with Gasteiger partial charge in [0.25, 0.3) is 0 Å². The number of nitrogens with one attached hydrogen (secondary N) is 3. The standard InChI is InChI=1S/C22H21ClN6O5/c1-11(18(30)31)12(2)29-21(33)27-19(24-15-7-8-16-17(9-15)26-20(32)25-16)28(22(29)34)10-13-3-5-14(23)6-4-13/h3-9,11-12H,10H2,1-2H3,(H,30,31)(H,24,27,33)(H2,25,26,32)/t11-,12+/m1/s1. The molecule has 4 N–H and O–H groups in total. The van der Waals surface area contributed by atoms with Gasteiger partial charge in [0.2, 0.25) is 5.95 Å². The second-order valence-electron chi connectivity index (χ2n) is 7.92. The van der Waals surface area contributed by atoms with Crippen LogP contribution in [0.3, 0.4) is 0 Å². The number of halogens is 1. The van der Waals surface area contributed by atoms with E-state index in [4.69, 9.17) is 11.6 Å². The molecular weight excluding hydrogens is 464 g/mol. The first-order valence-electron chi connectivity index (χ1n) is 10.3. The van der Waals surface area contributed by atoms with Gasteiger partial charge < -0.3 is 20.4 Å². The van der Waals surface area contributed by atoms with Crippen LogP contribution < -0.4 is 22.4 Å². The number of imidazole rings is 1. The minimum atomic E-state index is -1.14. The highest BCUT2D eigenvalue weighted by molar-refractivity contribution is 6.30. The summed E-state index contributed by atoms with van der Waals surface area (Å²) in [5.74, 6) is -2.17. The van der Waals surface area contributed by atoms with E-state index in [9.17, 15) is 24.3 Å². The van der Waals surface area contributed by atoms with Gasteiger partial charge in [-0.1, -0.05) is 23.7 Å². The number of fused-ring (bicyclic) bond motifs is 1. The lowest BCUT2D eigenvalue weighted by atomic mass is 10.0. The van der Waals surface area contributed by atoms with Crippen molar-refractivity contribution in [3.8, 4) is 0 Å². The first-order valence-corrected chi connectivity index (χ1v) is 10.7. The maximum Gasteiger partial charge on any atom is 0.355 e. The molecule has 2 atom stereocenters. The number of hydrogen-bond donors (Lipinski definition) is 4. The molecule has 0 aliphatic heterocycles. The highest BCUT2D eigenvalue weighted by atomic mass is 35.5. The van der Waals surface area contributed by atoms with Gasteiger partial charge in [-0.25, -0.2) is 19.0 Å². The third-order valence-electron chi connectivity index (χ3n) is 5.65. The normalized spacial score (nSPS) is 13.0. The van der Waals surface area contributed by atoms with E-state index in [1.165, 1.54) is 18.4 Å². The Morgan fingerprint density at radius 3 is 2.44 bits per heavy atom. The van der Waals surface area contributed by atoms with Crippen molar-refractivity contribution in [1.29, 1.82) is 0 Å². The molecule has 2 heterocycles. The van der Waals surface area contributed by atoms with E-state index in [1.54, 1.807) is 42.5 Å². The van der Waals surface area contributed by atoms with Crippen LogP contribution in [-0.4, -0.2) is 35.2 Å². The molecule has 0 spiro atoms. The fraction of sp³-hybridized carbons (Fsp3) is 0.227. The maximum atomic E-state index is 13.4. The largest absolute Gasteiger partial charge is 0.481 e. The summed E-state index contributed by atoms with van der Waals surface area (Å²) in [6.45, 7) is 2.95. The van der Waals surface area contributed by atoms with Gasteiger partial charge in [0.15, 0.2) is 0 Å². The molecular formula is C22H21ClN6O5. The second kappa shape index (κ2) is 9.02. The van der Waals surface area contributed by atoms with E-state index in [2.05, 4.69) is 20.3 Å². The van der Waals surface area contributed by atoms with Crippen LogP contribution in [0.1, 0.15) is 25.5 Å². The first kappa shape index (κ1) is 23.1.